The second-order valence-electron chi connectivity index (χ2n) is 5.20. The molecule has 7 heteroatoms. The first kappa shape index (κ1) is 17.8. The monoisotopic (exact) mass is 309 g/mol. The molecule has 1 amide bonds. The van der Waals surface area contributed by atoms with Crippen LogP contribution in [0.25, 0.3) is 0 Å². The summed E-state index contributed by atoms with van der Waals surface area (Å²) in [7, 11) is 0. The standard InChI is InChI=1S/C14H22F3NO3/c1-2-21-12(19)9-10-18(13(20)14(15,16)17)11-7-5-3-4-6-8-11/h11H,2-10H2,1H3. The molecule has 122 valence electrons. The minimum Gasteiger partial charge on any atom is -0.466 e. The second kappa shape index (κ2) is 8.24. The highest BCUT2D eigenvalue weighted by Gasteiger charge is 2.44. The molecule has 0 aromatic rings. The molecule has 0 aromatic heterocycles. The van der Waals surface area contributed by atoms with Gasteiger partial charge in [-0.1, -0.05) is 25.7 Å². The van der Waals surface area contributed by atoms with E-state index in [0.29, 0.717) is 12.8 Å². The number of hydrogen-bond acceptors (Lipinski definition) is 3. The average molecular weight is 309 g/mol. The summed E-state index contributed by atoms with van der Waals surface area (Å²) in [6, 6.07) is -0.434. The molecule has 1 fully saturated rings. The van der Waals surface area contributed by atoms with Gasteiger partial charge in [-0.3, -0.25) is 9.59 Å². The number of carbonyl (C=O) groups is 2. The molecule has 1 aliphatic carbocycles. The van der Waals surface area contributed by atoms with Crippen LogP contribution in [0.2, 0.25) is 0 Å². The fourth-order valence-corrected chi connectivity index (χ4v) is 2.63. The van der Waals surface area contributed by atoms with Gasteiger partial charge in [-0.2, -0.15) is 13.2 Å². The van der Waals surface area contributed by atoms with Crippen molar-refractivity contribution in [2.75, 3.05) is 13.2 Å². The van der Waals surface area contributed by atoms with E-state index in [-0.39, 0.29) is 19.6 Å². The molecule has 0 spiro atoms. The van der Waals surface area contributed by atoms with Crippen molar-refractivity contribution < 1.29 is 27.5 Å². The van der Waals surface area contributed by atoms with Crippen molar-refractivity contribution in [1.82, 2.24) is 4.90 Å². The number of nitrogens with zero attached hydrogens (tertiary/aromatic N) is 1. The van der Waals surface area contributed by atoms with Crippen molar-refractivity contribution in [1.29, 1.82) is 0 Å². The summed E-state index contributed by atoms with van der Waals surface area (Å²) < 4.78 is 42.9. The Hall–Kier alpha value is -1.27. The van der Waals surface area contributed by atoms with Crippen LogP contribution in [0.5, 0.6) is 0 Å². The van der Waals surface area contributed by atoms with Crippen LogP contribution in [0.4, 0.5) is 13.2 Å². The highest BCUT2D eigenvalue weighted by molar-refractivity contribution is 5.82. The van der Waals surface area contributed by atoms with Crippen LogP contribution in [-0.2, 0) is 14.3 Å². The zero-order chi connectivity index (χ0) is 15.9. The molecule has 0 aromatic carbocycles. The number of amides is 1. The molecular formula is C14H22F3NO3. The summed E-state index contributed by atoms with van der Waals surface area (Å²) in [6.07, 6.45) is -0.412. The minimum atomic E-state index is -4.90. The lowest BCUT2D eigenvalue weighted by Crippen LogP contribution is -2.47. The first-order valence-corrected chi connectivity index (χ1v) is 7.39. The zero-order valence-corrected chi connectivity index (χ0v) is 12.2. The quantitative estimate of drug-likeness (QED) is 0.579. The van der Waals surface area contributed by atoms with Gasteiger partial charge in [0, 0.05) is 12.6 Å². The fourth-order valence-electron chi connectivity index (χ4n) is 2.63. The van der Waals surface area contributed by atoms with E-state index in [1.165, 1.54) is 0 Å². The molecule has 4 nitrogen and oxygen atoms in total. The fraction of sp³-hybridized carbons (Fsp3) is 0.857. The molecule has 0 N–H and O–H groups in total. The Morgan fingerprint density at radius 1 is 1.14 bits per heavy atom. The largest absolute Gasteiger partial charge is 0.471 e. The Bertz CT molecular complexity index is 350. The summed E-state index contributed by atoms with van der Waals surface area (Å²) >= 11 is 0. The molecule has 0 heterocycles. The molecule has 0 aliphatic heterocycles. The molecule has 0 saturated heterocycles. The zero-order valence-electron chi connectivity index (χ0n) is 12.2. The van der Waals surface area contributed by atoms with Crippen LogP contribution in [0.3, 0.4) is 0 Å². The first-order chi connectivity index (χ1) is 9.86. The predicted molar refractivity (Wildman–Crippen MR) is 70.5 cm³/mol. The summed E-state index contributed by atoms with van der Waals surface area (Å²) in [5, 5.41) is 0. The van der Waals surface area contributed by atoms with Gasteiger partial charge in [0.1, 0.15) is 0 Å². The minimum absolute atomic E-state index is 0.176. The maximum Gasteiger partial charge on any atom is 0.471 e. The third-order valence-corrected chi connectivity index (χ3v) is 3.63. The summed E-state index contributed by atoms with van der Waals surface area (Å²) in [5.74, 6) is -2.43. The van der Waals surface area contributed by atoms with E-state index in [1.807, 2.05) is 0 Å². The number of alkyl halides is 3. The van der Waals surface area contributed by atoms with E-state index in [9.17, 15) is 22.8 Å². The van der Waals surface area contributed by atoms with Gasteiger partial charge in [-0.25, -0.2) is 0 Å². The highest BCUT2D eigenvalue weighted by atomic mass is 19.4. The number of esters is 1. The molecule has 0 unspecified atom stereocenters. The maximum atomic E-state index is 12.7. The van der Waals surface area contributed by atoms with Gasteiger partial charge in [0.15, 0.2) is 0 Å². The third kappa shape index (κ3) is 5.93. The van der Waals surface area contributed by atoms with Gasteiger partial charge < -0.3 is 9.64 Å². The van der Waals surface area contributed by atoms with Gasteiger partial charge in [0.2, 0.25) is 0 Å². The number of halogens is 3. The van der Waals surface area contributed by atoms with Gasteiger partial charge >= 0.3 is 18.1 Å². The van der Waals surface area contributed by atoms with E-state index in [4.69, 9.17) is 4.74 Å². The molecule has 21 heavy (non-hydrogen) atoms. The van der Waals surface area contributed by atoms with Gasteiger partial charge in [-0.05, 0) is 19.8 Å². The van der Waals surface area contributed by atoms with E-state index in [0.717, 1.165) is 30.6 Å². The Balaban J connectivity index is 2.73. The van der Waals surface area contributed by atoms with E-state index in [1.54, 1.807) is 6.92 Å². The van der Waals surface area contributed by atoms with Crippen molar-refractivity contribution in [3.8, 4) is 0 Å². The smallest absolute Gasteiger partial charge is 0.466 e. The maximum absolute atomic E-state index is 12.7. The van der Waals surface area contributed by atoms with Crippen molar-refractivity contribution in [2.45, 2.75) is 64.1 Å². The van der Waals surface area contributed by atoms with Gasteiger partial charge in [0.05, 0.1) is 13.0 Å². The Morgan fingerprint density at radius 2 is 1.71 bits per heavy atom. The van der Waals surface area contributed by atoms with Crippen molar-refractivity contribution in [2.24, 2.45) is 0 Å². The van der Waals surface area contributed by atoms with Crippen LogP contribution in [0, 0.1) is 0 Å². The normalized spacial score (nSPS) is 17.1. The van der Waals surface area contributed by atoms with Crippen LogP contribution < -0.4 is 0 Å². The SMILES string of the molecule is CCOC(=O)CCN(C(=O)C(F)(F)F)C1CCCCCC1. The molecule has 1 aliphatic rings. The van der Waals surface area contributed by atoms with E-state index >= 15 is 0 Å². The van der Waals surface area contributed by atoms with Crippen molar-refractivity contribution >= 4 is 11.9 Å². The third-order valence-electron chi connectivity index (χ3n) is 3.63. The number of hydrogen-bond donors (Lipinski definition) is 0. The molecule has 0 bridgehead atoms. The van der Waals surface area contributed by atoms with Crippen molar-refractivity contribution in [3.63, 3.8) is 0 Å². The number of rotatable bonds is 5. The summed E-state index contributed by atoms with van der Waals surface area (Å²) in [6.45, 7) is 1.57. The van der Waals surface area contributed by atoms with Gasteiger partial charge in [-0.15, -0.1) is 0 Å². The molecule has 1 rings (SSSR count). The lowest BCUT2D eigenvalue weighted by molar-refractivity contribution is -0.188. The lowest BCUT2D eigenvalue weighted by Gasteiger charge is -2.31. The second-order valence-corrected chi connectivity index (χ2v) is 5.20. The Labute approximate surface area is 122 Å². The Kier molecular flexibility index (Phi) is 6.98. The summed E-state index contributed by atoms with van der Waals surface area (Å²) in [4.78, 5) is 23.7. The van der Waals surface area contributed by atoms with Crippen LogP contribution in [0.1, 0.15) is 51.9 Å². The van der Waals surface area contributed by atoms with Crippen molar-refractivity contribution in [3.05, 3.63) is 0 Å². The van der Waals surface area contributed by atoms with Gasteiger partial charge in [0.25, 0.3) is 0 Å². The van der Waals surface area contributed by atoms with Crippen LogP contribution >= 0.6 is 0 Å². The lowest BCUT2D eigenvalue weighted by atomic mass is 10.1. The summed E-state index contributed by atoms with van der Waals surface area (Å²) in [5.41, 5.74) is 0. The van der Waals surface area contributed by atoms with E-state index < -0.39 is 24.1 Å². The Morgan fingerprint density at radius 3 is 2.19 bits per heavy atom. The van der Waals surface area contributed by atoms with Crippen LogP contribution in [-0.4, -0.2) is 42.1 Å². The molecule has 1 saturated carbocycles. The van der Waals surface area contributed by atoms with Crippen LogP contribution in [0.15, 0.2) is 0 Å². The number of carbonyl (C=O) groups excluding carboxylic acids is 2. The molecule has 0 radical (unpaired) electrons. The predicted octanol–water partition coefficient (Wildman–Crippen LogP) is 3.05. The number of ether oxygens (including phenoxy) is 1. The topological polar surface area (TPSA) is 46.6 Å². The average Bonchev–Trinajstić information content (AvgIpc) is 2.67. The molecule has 0 atom stereocenters. The highest BCUT2D eigenvalue weighted by Crippen LogP contribution is 2.27. The van der Waals surface area contributed by atoms with E-state index in [2.05, 4.69) is 0 Å². The molecular weight excluding hydrogens is 287 g/mol. The first-order valence-electron chi connectivity index (χ1n) is 7.39.